The lowest BCUT2D eigenvalue weighted by atomic mass is 10.3. The summed E-state index contributed by atoms with van der Waals surface area (Å²) in [5.41, 5.74) is 0. The summed E-state index contributed by atoms with van der Waals surface area (Å²) in [5.74, 6) is -0.911. The first-order valence-corrected chi connectivity index (χ1v) is 5.69. The molecular weight excluding hydrogens is 240 g/mol. The first kappa shape index (κ1) is 13.2. The van der Waals surface area contributed by atoms with Crippen molar-refractivity contribution in [1.29, 1.82) is 0 Å². The zero-order chi connectivity index (χ0) is 12.7. The van der Waals surface area contributed by atoms with Crippen LogP contribution in [0.15, 0.2) is 35.4 Å². The van der Waals surface area contributed by atoms with Gasteiger partial charge in [0.25, 0.3) is 0 Å². The quantitative estimate of drug-likeness (QED) is 0.357. The first-order valence-electron chi connectivity index (χ1n) is 4.81. The highest BCUT2D eigenvalue weighted by Gasteiger charge is 2.03. The Bertz CT molecular complexity index is 443. The summed E-state index contributed by atoms with van der Waals surface area (Å²) in [6, 6.07) is 3.81. The van der Waals surface area contributed by atoms with Gasteiger partial charge in [-0.3, -0.25) is 4.79 Å². The van der Waals surface area contributed by atoms with Gasteiger partial charge in [0, 0.05) is 11.8 Å². The van der Waals surface area contributed by atoms with E-state index >= 15 is 0 Å². The Morgan fingerprint density at radius 3 is 2.71 bits per heavy atom. The van der Waals surface area contributed by atoms with Crippen molar-refractivity contribution in [2.24, 2.45) is 0 Å². The first-order chi connectivity index (χ1) is 8.11. The van der Waals surface area contributed by atoms with E-state index in [2.05, 4.69) is 4.74 Å². The lowest BCUT2D eigenvalue weighted by Gasteiger charge is -2.00. The number of carbonyl (C=O) groups is 2. The zero-order valence-corrected chi connectivity index (χ0v) is 10.3. The van der Waals surface area contributed by atoms with Gasteiger partial charge in [-0.2, -0.15) is 0 Å². The van der Waals surface area contributed by atoms with Gasteiger partial charge in [-0.15, -0.1) is 11.3 Å². The summed E-state index contributed by atoms with van der Waals surface area (Å²) in [7, 11) is 1.26. The molecule has 1 heterocycles. The molecular formula is C12H12O4S. The highest BCUT2D eigenvalue weighted by molar-refractivity contribution is 7.10. The van der Waals surface area contributed by atoms with Crippen molar-refractivity contribution in [3.05, 3.63) is 40.3 Å². The fourth-order valence-electron chi connectivity index (χ4n) is 1.00. The van der Waals surface area contributed by atoms with Crippen LogP contribution >= 0.6 is 11.3 Å². The number of ether oxygens (including phenoxy) is 2. The van der Waals surface area contributed by atoms with Crippen molar-refractivity contribution < 1.29 is 19.1 Å². The number of carbonyl (C=O) groups excluding carboxylic acids is 2. The van der Waals surface area contributed by atoms with Crippen LogP contribution < -0.4 is 0 Å². The highest BCUT2D eigenvalue weighted by atomic mass is 32.1. The Morgan fingerprint density at radius 1 is 1.41 bits per heavy atom. The number of thiophene rings is 1. The number of hydrogen-bond donors (Lipinski definition) is 0. The molecule has 1 rings (SSSR count). The molecule has 0 aliphatic heterocycles. The third-order valence-electron chi connectivity index (χ3n) is 1.68. The summed E-state index contributed by atoms with van der Waals surface area (Å²) in [5, 5.41) is 1.93. The molecule has 0 N–H and O–H groups in total. The van der Waals surface area contributed by atoms with E-state index in [0.717, 1.165) is 11.0 Å². The largest absolute Gasteiger partial charge is 0.466 e. The van der Waals surface area contributed by atoms with E-state index in [1.807, 2.05) is 17.5 Å². The second kappa shape index (κ2) is 6.65. The smallest absolute Gasteiger partial charge is 0.334 e. The molecule has 17 heavy (non-hydrogen) atoms. The van der Waals surface area contributed by atoms with E-state index in [9.17, 15) is 9.59 Å². The molecule has 0 unspecified atom stereocenters. The molecule has 0 atom stereocenters. The van der Waals surface area contributed by atoms with Crippen LogP contribution in [-0.2, 0) is 19.1 Å². The van der Waals surface area contributed by atoms with Crippen LogP contribution in [0.25, 0.3) is 6.08 Å². The Kier molecular flexibility index (Phi) is 5.16. The molecule has 0 aromatic carbocycles. The average molecular weight is 252 g/mol. The average Bonchev–Trinajstić information content (AvgIpc) is 2.77. The van der Waals surface area contributed by atoms with Crippen molar-refractivity contribution in [2.45, 2.75) is 6.92 Å². The van der Waals surface area contributed by atoms with Crippen molar-refractivity contribution in [1.82, 2.24) is 0 Å². The monoisotopic (exact) mass is 252 g/mol. The molecule has 0 saturated heterocycles. The number of esters is 2. The Labute approximate surface area is 103 Å². The third kappa shape index (κ3) is 5.12. The topological polar surface area (TPSA) is 52.6 Å². The summed E-state index contributed by atoms with van der Waals surface area (Å²) < 4.78 is 9.32. The maximum absolute atomic E-state index is 11.0. The summed E-state index contributed by atoms with van der Waals surface area (Å²) in [6.07, 6.45) is 4.41. The second-order valence-electron chi connectivity index (χ2n) is 3.01. The summed E-state index contributed by atoms with van der Waals surface area (Å²) in [4.78, 5) is 22.9. The number of methoxy groups -OCH3 is 1. The molecule has 0 amide bonds. The second-order valence-corrected chi connectivity index (χ2v) is 3.99. The number of allylic oxidation sites excluding steroid dienone is 1. The van der Waals surface area contributed by atoms with E-state index < -0.39 is 11.9 Å². The highest BCUT2D eigenvalue weighted by Crippen LogP contribution is 2.12. The van der Waals surface area contributed by atoms with Crippen molar-refractivity contribution in [2.75, 3.05) is 7.11 Å². The van der Waals surface area contributed by atoms with Gasteiger partial charge in [-0.25, -0.2) is 4.79 Å². The van der Waals surface area contributed by atoms with E-state index in [0.29, 0.717) is 0 Å². The van der Waals surface area contributed by atoms with E-state index in [1.165, 1.54) is 25.4 Å². The molecule has 0 bridgehead atoms. The molecule has 1 aromatic rings. The van der Waals surface area contributed by atoms with Gasteiger partial charge in [-0.1, -0.05) is 6.07 Å². The molecule has 5 heteroatoms. The third-order valence-corrected chi connectivity index (χ3v) is 2.52. The van der Waals surface area contributed by atoms with Crippen LogP contribution in [0.3, 0.4) is 0 Å². The Morgan fingerprint density at radius 2 is 2.18 bits per heavy atom. The van der Waals surface area contributed by atoms with Crippen LogP contribution in [0.4, 0.5) is 0 Å². The van der Waals surface area contributed by atoms with Gasteiger partial charge >= 0.3 is 11.9 Å². The van der Waals surface area contributed by atoms with Crippen molar-refractivity contribution in [3.8, 4) is 0 Å². The van der Waals surface area contributed by atoms with E-state index in [4.69, 9.17) is 4.74 Å². The number of hydrogen-bond acceptors (Lipinski definition) is 5. The zero-order valence-electron chi connectivity index (χ0n) is 9.51. The van der Waals surface area contributed by atoms with Crippen molar-refractivity contribution in [3.63, 3.8) is 0 Å². The molecule has 0 fully saturated rings. The molecule has 0 aliphatic carbocycles. The minimum absolute atomic E-state index is 0.151. The van der Waals surface area contributed by atoms with Gasteiger partial charge < -0.3 is 9.47 Å². The molecule has 0 aliphatic rings. The molecule has 90 valence electrons. The lowest BCUT2D eigenvalue weighted by molar-refractivity contribution is -0.137. The predicted molar refractivity (Wildman–Crippen MR) is 65.2 cm³/mol. The van der Waals surface area contributed by atoms with Crippen LogP contribution in [0.1, 0.15) is 11.8 Å². The van der Waals surface area contributed by atoms with Gasteiger partial charge in [0.2, 0.25) is 0 Å². The normalized spacial score (nSPS) is 11.5. The Balaban J connectivity index is 2.80. The fraction of sp³-hybridized carbons (Fsp3) is 0.167. The van der Waals surface area contributed by atoms with Gasteiger partial charge in [0.15, 0.2) is 0 Å². The van der Waals surface area contributed by atoms with Crippen LogP contribution in [0, 0.1) is 0 Å². The fourth-order valence-corrected chi connectivity index (χ4v) is 1.62. The summed E-state index contributed by atoms with van der Waals surface area (Å²) in [6.45, 7) is 1.27. The van der Waals surface area contributed by atoms with Gasteiger partial charge in [0.1, 0.15) is 5.76 Å². The minimum Gasteiger partial charge on any atom is -0.466 e. The van der Waals surface area contributed by atoms with E-state index in [1.54, 1.807) is 12.2 Å². The van der Waals surface area contributed by atoms with Gasteiger partial charge in [0.05, 0.1) is 13.2 Å². The minimum atomic E-state index is -0.572. The lowest BCUT2D eigenvalue weighted by Crippen LogP contribution is -2.02. The maximum Gasteiger partial charge on any atom is 0.334 e. The SMILES string of the molecule is COC(=O)/C=C(\C=C\c1cccs1)OC(C)=O. The molecule has 0 saturated carbocycles. The standard InChI is InChI=1S/C12H12O4S/c1-9(13)16-10(8-12(14)15-2)5-6-11-4-3-7-17-11/h3-8H,1-2H3/b6-5+,10-8+. The molecule has 4 nitrogen and oxygen atoms in total. The predicted octanol–water partition coefficient (Wildman–Crippen LogP) is 2.38. The molecule has 0 spiro atoms. The molecule has 0 radical (unpaired) electrons. The van der Waals surface area contributed by atoms with Gasteiger partial charge in [-0.05, 0) is 23.6 Å². The summed E-state index contributed by atoms with van der Waals surface area (Å²) >= 11 is 1.54. The van der Waals surface area contributed by atoms with Crippen LogP contribution in [0.5, 0.6) is 0 Å². The van der Waals surface area contributed by atoms with E-state index in [-0.39, 0.29) is 5.76 Å². The van der Waals surface area contributed by atoms with Crippen molar-refractivity contribution >= 4 is 29.4 Å². The number of rotatable bonds is 4. The molecule has 1 aromatic heterocycles. The Hall–Kier alpha value is -1.88. The van der Waals surface area contributed by atoms with Crippen LogP contribution in [-0.4, -0.2) is 19.0 Å². The maximum atomic E-state index is 11.0. The van der Waals surface area contributed by atoms with Crippen LogP contribution in [0.2, 0.25) is 0 Å².